The largest absolute Gasteiger partial charge is 0.385 e. The topological polar surface area (TPSA) is 37.3 Å². The Balaban J connectivity index is 1.87. The van der Waals surface area contributed by atoms with E-state index in [1.165, 1.54) is 5.56 Å². The molecule has 2 saturated heterocycles. The number of hydrogen-bond donors (Lipinski definition) is 1. The summed E-state index contributed by atoms with van der Waals surface area (Å²) in [6, 6.07) is 8.35. The molecule has 0 saturated carbocycles. The molecule has 0 aromatic heterocycles. The zero-order valence-corrected chi connectivity index (χ0v) is 12.5. The third-order valence-corrected chi connectivity index (χ3v) is 6.83. The molecule has 2 aliphatic heterocycles. The van der Waals surface area contributed by atoms with Gasteiger partial charge in [-0.25, -0.2) is 0 Å². The van der Waals surface area contributed by atoms with Crippen LogP contribution in [0.25, 0.3) is 0 Å². The third-order valence-electron chi connectivity index (χ3n) is 4.71. The summed E-state index contributed by atoms with van der Waals surface area (Å²) >= 11 is 0. The summed E-state index contributed by atoms with van der Waals surface area (Å²) in [5.74, 6) is 0.513. The minimum Gasteiger partial charge on any atom is -0.385 e. The first-order chi connectivity index (χ1) is 8.99. The van der Waals surface area contributed by atoms with Crippen LogP contribution in [0.15, 0.2) is 24.3 Å². The Labute approximate surface area is 117 Å². The van der Waals surface area contributed by atoms with Crippen molar-refractivity contribution >= 4 is 10.8 Å². The highest BCUT2D eigenvalue weighted by Crippen LogP contribution is 2.45. The van der Waals surface area contributed by atoms with Crippen molar-refractivity contribution in [1.29, 1.82) is 0 Å². The molecule has 2 nitrogen and oxygen atoms in total. The summed E-state index contributed by atoms with van der Waals surface area (Å²) in [5, 5.41) is 11.3. The predicted molar refractivity (Wildman–Crippen MR) is 78.6 cm³/mol. The molecule has 2 fully saturated rings. The van der Waals surface area contributed by atoms with Gasteiger partial charge in [0.25, 0.3) is 0 Å². The molecule has 3 rings (SSSR count). The van der Waals surface area contributed by atoms with Gasteiger partial charge >= 0.3 is 0 Å². The van der Waals surface area contributed by atoms with Gasteiger partial charge in [-0.1, -0.05) is 38.1 Å². The summed E-state index contributed by atoms with van der Waals surface area (Å²) in [7, 11) is -0.711. The number of benzene rings is 1. The van der Waals surface area contributed by atoms with E-state index in [0.29, 0.717) is 18.8 Å². The molecule has 0 spiro atoms. The van der Waals surface area contributed by atoms with E-state index in [0.717, 1.165) is 18.4 Å². The van der Waals surface area contributed by atoms with Crippen LogP contribution in [0, 0.1) is 0 Å². The van der Waals surface area contributed by atoms with Crippen molar-refractivity contribution in [1.82, 2.24) is 0 Å². The molecule has 2 atom stereocenters. The molecule has 3 heteroatoms. The fourth-order valence-corrected chi connectivity index (χ4v) is 5.66. The second kappa shape index (κ2) is 4.71. The molecular formula is C16H22O2S. The number of rotatable bonds is 2. The maximum absolute atomic E-state index is 12.1. The normalized spacial score (nSPS) is 37.8. The van der Waals surface area contributed by atoms with Crippen LogP contribution in [0.3, 0.4) is 0 Å². The van der Waals surface area contributed by atoms with Crippen LogP contribution in [-0.4, -0.2) is 19.8 Å². The summed E-state index contributed by atoms with van der Waals surface area (Å²) in [6.45, 7) is 4.35. The Morgan fingerprint density at radius 2 is 1.68 bits per heavy atom. The van der Waals surface area contributed by atoms with Gasteiger partial charge in [0.15, 0.2) is 0 Å². The zero-order valence-electron chi connectivity index (χ0n) is 11.6. The number of fused-ring (bicyclic) bond motifs is 2. The second-order valence-corrected chi connectivity index (χ2v) is 8.36. The van der Waals surface area contributed by atoms with E-state index >= 15 is 0 Å². The fraction of sp³-hybridized carbons (Fsp3) is 0.625. The van der Waals surface area contributed by atoms with Gasteiger partial charge in [-0.2, -0.15) is 0 Å². The maximum atomic E-state index is 12.1. The van der Waals surface area contributed by atoms with Crippen LogP contribution < -0.4 is 0 Å². The first-order valence-corrected chi connectivity index (χ1v) is 8.49. The first kappa shape index (κ1) is 13.3. The standard InChI is InChI=1S/C16H22O2S/c1-11(2)12-3-5-13(6-4-12)16(17)9-14-7-8-15(10-16)19(14)18/h3-6,11,14-15,17H,7-10H2,1-2H3. The lowest BCUT2D eigenvalue weighted by molar-refractivity contribution is 0.0184. The smallest absolute Gasteiger partial charge is 0.0919 e. The lowest BCUT2D eigenvalue weighted by Gasteiger charge is -2.36. The van der Waals surface area contributed by atoms with Gasteiger partial charge in [-0.05, 0) is 42.7 Å². The molecule has 0 amide bonds. The van der Waals surface area contributed by atoms with Crippen LogP contribution in [0.5, 0.6) is 0 Å². The number of aliphatic hydroxyl groups is 1. The Bertz CT molecular complexity index is 476. The Kier molecular flexibility index (Phi) is 3.30. The second-order valence-electron chi connectivity index (χ2n) is 6.37. The summed E-state index contributed by atoms with van der Waals surface area (Å²) in [5.41, 5.74) is 1.55. The van der Waals surface area contributed by atoms with E-state index < -0.39 is 16.4 Å². The van der Waals surface area contributed by atoms with Crippen LogP contribution in [0.1, 0.15) is 56.6 Å². The molecule has 19 heavy (non-hydrogen) atoms. The van der Waals surface area contributed by atoms with E-state index in [-0.39, 0.29) is 10.5 Å². The zero-order chi connectivity index (χ0) is 13.6. The van der Waals surface area contributed by atoms with Crippen molar-refractivity contribution in [2.24, 2.45) is 0 Å². The van der Waals surface area contributed by atoms with E-state index in [2.05, 4.69) is 38.1 Å². The minimum atomic E-state index is -0.755. The Morgan fingerprint density at radius 3 is 2.16 bits per heavy atom. The maximum Gasteiger partial charge on any atom is 0.0919 e. The van der Waals surface area contributed by atoms with Crippen LogP contribution in [0.2, 0.25) is 0 Å². The predicted octanol–water partition coefficient (Wildman–Crippen LogP) is 3.07. The van der Waals surface area contributed by atoms with Crippen LogP contribution >= 0.6 is 0 Å². The average Bonchev–Trinajstić information content (AvgIpc) is 2.63. The number of hydrogen-bond acceptors (Lipinski definition) is 2. The molecule has 104 valence electrons. The van der Waals surface area contributed by atoms with E-state index in [9.17, 15) is 9.32 Å². The summed E-state index contributed by atoms with van der Waals surface area (Å²) in [4.78, 5) is 0. The average molecular weight is 278 g/mol. The van der Waals surface area contributed by atoms with Crippen molar-refractivity contribution in [2.45, 2.75) is 61.5 Å². The van der Waals surface area contributed by atoms with Crippen molar-refractivity contribution in [3.05, 3.63) is 35.4 Å². The molecule has 1 N–H and O–H groups in total. The molecule has 2 heterocycles. The van der Waals surface area contributed by atoms with Gasteiger partial charge in [0.05, 0.1) is 5.60 Å². The molecule has 2 aliphatic rings. The third kappa shape index (κ3) is 2.27. The van der Waals surface area contributed by atoms with Gasteiger partial charge in [0, 0.05) is 21.3 Å². The molecule has 1 aromatic carbocycles. The van der Waals surface area contributed by atoms with E-state index in [1.807, 2.05) is 0 Å². The van der Waals surface area contributed by atoms with E-state index in [1.54, 1.807) is 0 Å². The summed E-state index contributed by atoms with van der Waals surface area (Å²) in [6.07, 6.45) is 3.36. The Morgan fingerprint density at radius 1 is 1.16 bits per heavy atom. The van der Waals surface area contributed by atoms with Gasteiger partial charge < -0.3 is 5.11 Å². The molecule has 0 aliphatic carbocycles. The van der Waals surface area contributed by atoms with Crippen LogP contribution in [-0.2, 0) is 16.4 Å². The van der Waals surface area contributed by atoms with Crippen molar-refractivity contribution < 1.29 is 9.32 Å². The monoisotopic (exact) mass is 278 g/mol. The SMILES string of the molecule is CC(C)c1ccc(C2(O)CC3CCC(C2)S3=O)cc1. The lowest BCUT2D eigenvalue weighted by Crippen LogP contribution is -2.40. The van der Waals surface area contributed by atoms with Crippen molar-refractivity contribution in [3.63, 3.8) is 0 Å². The molecule has 0 radical (unpaired) electrons. The molecule has 1 aromatic rings. The lowest BCUT2D eigenvalue weighted by atomic mass is 9.85. The highest BCUT2D eigenvalue weighted by atomic mass is 32.2. The van der Waals surface area contributed by atoms with Crippen LogP contribution in [0.4, 0.5) is 0 Å². The highest BCUT2D eigenvalue weighted by molar-refractivity contribution is 7.86. The Hall–Kier alpha value is -0.670. The van der Waals surface area contributed by atoms with Gasteiger partial charge in [-0.15, -0.1) is 0 Å². The highest BCUT2D eigenvalue weighted by Gasteiger charge is 2.48. The first-order valence-electron chi connectivity index (χ1n) is 7.22. The summed E-state index contributed by atoms with van der Waals surface area (Å²) < 4.78 is 12.1. The van der Waals surface area contributed by atoms with Gasteiger partial charge in [-0.3, -0.25) is 4.21 Å². The quantitative estimate of drug-likeness (QED) is 0.902. The van der Waals surface area contributed by atoms with Gasteiger partial charge in [0.1, 0.15) is 0 Å². The molecular weight excluding hydrogens is 256 g/mol. The van der Waals surface area contributed by atoms with Crippen molar-refractivity contribution in [2.75, 3.05) is 0 Å². The molecule has 2 unspecified atom stereocenters. The fourth-order valence-electron chi connectivity index (χ4n) is 3.50. The minimum absolute atomic E-state index is 0.202. The van der Waals surface area contributed by atoms with Crippen molar-refractivity contribution in [3.8, 4) is 0 Å². The van der Waals surface area contributed by atoms with E-state index in [4.69, 9.17) is 0 Å². The van der Waals surface area contributed by atoms with Gasteiger partial charge in [0.2, 0.25) is 0 Å². The molecule has 2 bridgehead atoms.